The molecule has 3 rings (SSSR count). The maximum absolute atomic E-state index is 5.38. The van der Waals surface area contributed by atoms with Gasteiger partial charge in [-0.2, -0.15) is 0 Å². The van der Waals surface area contributed by atoms with Crippen LogP contribution in [0.2, 0.25) is 0 Å². The van der Waals surface area contributed by atoms with Crippen LogP contribution in [0.5, 0.6) is 0 Å². The number of nitrogens with zero attached hydrogens (tertiary/aromatic N) is 3. The molecule has 0 aliphatic carbocycles. The van der Waals surface area contributed by atoms with Crippen molar-refractivity contribution in [2.75, 3.05) is 65.7 Å². The zero-order valence-electron chi connectivity index (χ0n) is 10.6. The van der Waals surface area contributed by atoms with E-state index in [9.17, 15) is 0 Å². The molecule has 0 amide bonds. The third-order valence-corrected chi connectivity index (χ3v) is 3.79. The first-order valence-corrected chi connectivity index (χ1v) is 6.33. The molecule has 108 valence electrons. The molecule has 0 bridgehead atoms. The fourth-order valence-corrected chi connectivity index (χ4v) is 2.67. The van der Waals surface area contributed by atoms with Crippen molar-refractivity contribution >= 4 is 24.8 Å². The Morgan fingerprint density at radius 3 is 1.72 bits per heavy atom. The molecule has 0 radical (unpaired) electrons. The minimum Gasteiger partial charge on any atom is -0.379 e. The normalized spacial score (nSPS) is 28.0. The summed E-state index contributed by atoms with van der Waals surface area (Å²) in [4.78, 5) is 2.57. The first kappa shape index (κ1) is 16.4. The van der Waals surface area contributed by atoms with E-state index in [0.29, 0.717) is 0 Å². The Morgan fingerprint density at radius 1 is 0.667 bits per heavy atom. The van der Waals surface area contributed by atoms with Gasteiger partial charge in [0.2, 0.25) is 0 Å². The van der Waals surface area contributed by atoms with Crippen molar-refractivity contribution in [3.63, 3.8) is 0 Å². The van der Waals surface area contributed by atoms with Crippen LogP contribution in [0.3, 0.4) is 0 Å². The van der Waals surface area contributed by atoms with Crippen molar-refractivity contribution in [3.05, 3.63) is 0 Å². The molecule has 0 N–H and O–H groups in total. The van der Waals surface area contributed by atoms with Gasteiger partial charge in [-0.05, 0) is 0 Å². The van der Waals surface area contributed by atoms with E-state index in [-0.39, 0.29) is 24.8 Å². The monoisotopic (exact) mass is 299 g/mol. The molecule has 0 spiro atoms. The van der Waals surface area contributed by atoms with Gasteiger partial charge in [-0.25, -0.2) is 10.0 Å². The van der Waals surface area contributed by atoms with Crippen LogP contribution >= 0.6 is 24.8 Å². The number of hydrogen-bond donors (Lipinski definition) is 0. The summed E-state index contributed by atoms with van der Waals surface area (Å²) in [6.45, 7) is 10.3. The lowest BCUT2D eigenvalue weighted by Crippen LogP contribution is -2.67. The van der Waals surface area contributed by atoms with Crippen LogP contribution in [0.25, 0.3) is 0 Å². The van der Waals surface area contributed by atoms with Gasteiger partial charge in [0.05, 0.1) is 26.4 Å². The van der Waals surface area contributed by atoms with Gasteiger partial charge in [-0.15, -0.1) is 24.8 Å². The predicted octanol–water partition coefficient (Wildman–Crippen LogP) is 0.0936. The predicted molar refractivity (Wildman–Crippen MR) is 74.6 cm³/mol. The summed E-state index contributed by atoms with van der Waals surface area (Å²) in [5.41, 5.74) is 0. The molecule has 3 aliphatic heterocycles. The van der Waals surface area contributed by atoms with Crippen molar-refractivity contribution in [1.82, 2.24) is 14.9 Å². The standard InChI is InChI=1S/C11H21N3O2.2ClH/c1-5-15-6-2-12(1)11-9-14(10-11)13-3-7-16-8-4-13;;/h11H,1-10H2;2*1H. The molecular weight excluding hydrogens is 277 g/mol. The minimum absolute atomic E-state index is 0. The molecule has 18 heavy (non-hydrogen) atoms. The van der Waals surface area contributed by atoms with Gasteiger partial charge in [0.1, 0.15) is 0 Å². The van der Waals surface area contributed by atoms with E-state index < -0.39 is 0 Å². The van der Waals surface area contributed by atoms with Crippen LogP contribution in [0.1, 0.15) is 0 Å². The summed E-state index contributed by atoms with van der Waals surface area (Å²) < 4.78 is 10.7. The second-order valence-corrected chi connectivity index (χ2v) is 4.74. The van der Waals surface area contributed by atoms with Crippen molar-refractivity contribution in [2.24, 2.45) is 0 Å². The van der Waals surface area contributed by atoms with Crippen LogP contribution < -0.4 is 0 Å². The molecule has 0 atom stereocenters. The van der Waals surface area contributed by atoms with Crippen LogP contribution in [-0.4, -0.2) is 86.7 Å². The lowest BCUT2D eigenvalue weighted by molar-refractivity contribution is -0.158. The highest BCUT2D eigenvalue weighted by atomic mass is 35.5. The van der Waals surface area contributed by atoms with Crippen LogP contribution in [-0.2, 0) is 9.47 Å². The summed E-state index contributed by atoms with van der Waals surface area (Å²) >= 11 is 0. The highest BCUT2D eigenvalue weighted by Gasteiger charge is 2.35. The Morgan fingerprint density at radius 2 is 1.17 bits per heavy atom. The summed E-state index contributed by atoms with van der Waals surface area (Å²) in [6.07, 6.45) is 0. The second kappa shape index (κ2) is 7.85. The van der Waals surface area contributed by atoms with Gasteiger partial charge in [-0.1, -0.05) is 0 Å². The summed E-state index contributed by atoms with van der Waals surface area (Å²) in [6, 6.07) is 0.756. The van der Waals surface area contributed by atoms with Gasteiger partial charge in [-0.3, -0.25) is 4.90 Å². The van der Waals surface area contributed by atoms with Gasteiger partial charge in [0, 0.05) is 45.3 Å². The number of hydrogen-bond acceptors (Lipinski definition) is 5. The summed E-state index contributed by atoms with van der Waals surface area (Å²) in [5.74, 6) is 0. The van der Waals surface area contributed by atoms with E-state index in [1.807, 2.05) is 0 Å². The van der Waals surface area contributed by atoms with Gasteiger partial charge < -0.3 is 9.47 Å². The van der Waals surface area contributed by atoms with E-state index in [2.05, 4.69) is 14.9 Å². The van der Waals surface area contributed by atoms with E-state index in [4.69, 9.17) is 9.47 Å². The third kappa shape index (κ3) is 3.70. The Kier molecular flexibility index (Phi) is 7.16. The molecule has 5 nitrogen and oxygen atoms in total. The number of morpholine rings is 2. The Bertz CT molecular complexity index is 208. The average molecular weight is 300 g/mol. The molecule has 3 fully saturated rings. The first-order chi connectivity index (χ1) is 7.93. The van der Waals surface area contributed by atoms with E-state index >= 15 is 0 Å². The summed E-state index contributed by atoms with van der Waals surface area (Å²) in [5, 5.41) is 4.92. The van der Waals surface area contributed by atoms with E-state index in [0.717, 1.165) is 58.6 Å². The Balaban J connectivity index is 0.000000810. The molecule has 7 heteroatoms. The fourth-order valence-electron chi connectivity index (χ4n) is 2.67. The smallest absolute Gasteiger partial charge is 0.0608 e. The van der Waals surface area contributed by atoms with Gasteiger partial charge in [0.25, 0.3) is 0 Å². The molecule has 0 aromatic heterocycles. The lowest BCUT2D eigenvalue weighted by atomic mass is 10.1. The molecule has 3 heterocycles. The zero-order chi connectivity index (χ0) is 10.8. The highest BCUT2D eigenvalue weighted by Crippen LogP contribution is 2.19. The lowest BCUT2D eigenvalue weighted by Gasteiger charge is -2.51. The molecule has 3 saturated heterocycles. The maximum Gasteiger partial charge on any atom is 0.0608 e. The molecular formula is C11H23Cl2N3O2. The average Bonchev–Trinajstić information content (AvgIpc) is 2.30. The van der Waals surface area contributed by atoms with Gasteiger partial charge >= 0.3 is 0 Å². The molecule has 0 unspecified atom stereocenters. The first-order valence-electron chi connectivity index (χ1n) is 6.33. The van der Waals surface area contributed by atoms with Crippen LogP contribution in [0.15, 0.2) is 0 Å². The number of ether oxygens (including phenoxy) is 2. The quantitative estimate of drug-likeness (QED) is 0.721. The molecule has 0 saturated carbocycles. The number of rotatable bonds is 2. The van der Waals surface area contributed by atoms with Crippen molar-refractivity contribution in [1.29, 1.82) is 0 Å². The molecule has 0 aromatic carbocycles. The maximum atomic E-state index is 5.38. The SMILES string of the molecule is C1CN(C2CN(N3CCOCC3)C2)CCO1.Cl.Cl. The van der Waals surface area contributed by atoms with Crippen molar-refractivity contribution in [3.8, 4) is 0 Å². The van der Waals surface area contributed by atoms with E-state index in [1.54, 1.807) is 0 Å². The largest absolute Gasteiger partial charge is 0.379 e. The summed E-state index contributed by atoms with van der Waals surface area (Å²) in [7, 11) is 0. The highest BCUT2D eigenvalue weighted by molar-refractivity contribution is 5.85. The topological polar surface area (TPSA) is 28.2 Å². The Hall–Kier alpha value is 0.380. The number of halogens is 2. The van der Waals surface area contributed by atoms with Crippen LogP contribution in [0.4, 0.5) is 0 Å². The molecule has 3 aliphatic rings. The number of hydrazine groups is 1. The second-order valence-electron chi connectivity index (χ2n) is 4.74. The third-order valence-electron chi connectivity index (χ3n) is 3.79. The van der Waals surface area contributed by atoms with Crippen molar-refractivity contribution < 1.29 is 9.47 Å². The Labute approximate surface area is 121 Å². The fraction of sp³-hybridized carbons (Fsp3) is 1.00. The van der Waals surface area contributed by atoms with Gasteiger partial charge in [0.15, 0.2) is 0 Å². The zero-order valence-corrected chi connectivity index (χ0v) is 12.3. The van der Waals surface area contributed by atoms with E-state index in [1.165, 1.54) is 13.1 Å². The van der Waals surface area contributed by atoms with Crippen LogP contribution in [0, 0.1) is 0 Å². The minimum atomic E-state index is 0. The molecule has 0 aromatic rings. The van der Waals surface area contributed by atoms with Crippen molar-refractivity contribution in [2.45, 2.75) is 6.04 Å².